The van der Waals surface area contributed by atoms with E-state index in [1.165, 1.54) is 263 Å². The summed E-state index contributed by atoms with van der Waals surface area (Å²) in [6, 6.07) is 0. The molecule has 0 aromatic heterocycles. The molecule has 0 rings (SSSR count). The first-order valence-corrected chi connectivity index (χ1v) is 41.9. The van der Waals surface area contributed by atoms with Crippen molar-refractivity contribution < 1.29 is 42.9 Å². The zero-order valence-electron chi connectivity index (χ0n) is 65.2. The molecule has 2 unspecified atom stereocenters. The number of hydrogen-bond donors (Lipinski definition) is 0. The molecular weight excluding hydrogens is 1210 g/mol. The Balaban J connectivity index is 3.99. The fraction of sp³-hybridized carbons (Fsp3) is 0.787. The Morgan fingerprint density at radius 2 is 0.582 bits per heavy atom. The van der Waals surface area contributed by atoms with Crippen molar-refractivity contribution in [3.63, 3.8) is 0 Å². The number of quaternary nitrogens is 1. The van der Waals surface area contributed by atoms with E-state index in [9.17, 15) is 19.5 Å². The maximum Gasteiger partial charge on any atom is 0.306 e. The molecule has 9 nitrogen and oxygen atoms in total. The molecule has 0 aromatic rings. The molecule has 0 aliphatic carbocycles. The third kappa shape index (κ3) is 79.5. The second-order valence-corrected chi connectivity index (χ2v) is 29.4. The van der Waals surface area contributed by atoms with Crippen LogP contribution in [0, 0.1) is 0 Å². The Morgan fingerprint density at radius 1 is 0.316 bits per heavy atom. The summed E-state index contributed by atoms with van der Waals surface area (Å²) in [6.45, 7) is 4.67. The smallest absolute Gasteiger partial charge is 0.306 e. The zero-order valence-corrected chi connectivity index (χ0v) is 65.2. The zero-order chi connectivity index (χ0) is 71.1. The predicted molar refractivity (Wildman–Crippen MR) is 421 cm³/mol. The first-order valence-electron chi connectivity index (χ1n) is 41.9. The number of ether oxygens (including phenoxy) is 4. The summed E-state index contributed by atoms with van der Waals surface area (Å²) in [5, 5.41) is 11.9. The third-order valence-electron chi connectivity index (χ3n) is 18.6. The summed E-state index contributed by atoms with van der Waals surface area (Å²) in [5.41, 5.74) is 0. The van der Waals surface area contributed by atoms with Crippen molar-refractivity contribution in [3.05, 3.63) is 97.2 Å². The molecule has 2 atom stereocenters. The summed E-state index contributed by atoms with van der Waals surface area (Å²) in [6.07, 6.45) is 107. The normalized spacial score (nSPS) is 13.1. The van der Waals surface area contributed by atoms with E-state index >= 15 is 0 Å². The molecule has 0 N–H and O–H groups in total. The van der Waals surface area contributed by atoms with Gasteiger partial charge in [-0.1, -0.05) is 400 Å². The number of carbonyl (C=O) groups excluding carboxylic acids is 3. The van der Waals surface area contributed by atoms with E-state index in [1.807, 2.05) is 21.1 Å². The van der Waals surface area contributed by atoms with Crippen molar-refractivity contribution >= 4 is 17.9 Å². The van der Waals surface area contributed by atoms with Gasteiger partial charge in [0.25, 0.3) is 0 Å². The van der Waals surface area contributed by atoms with Crippen LogP contribution in [-0.4, -0.2) is 82.3 Å². The molecule has 0 bridgehead atoms. The fourth-order valence-corrected chi connectivity index (χ4v) is 12.3. The average Bonchev–Trinajstić information content (AvgIpc) is 1.14. The largest absolute Gasteiger partial charge is 0.545 e. The first kappa shape index (κ1) is 94.2. The number of carboxylic acids is 1. The lowest BCUT2D eigenvalue weighted by Gasteiger charge is -2.26. The summed E-state index contributed by atoms with van der Waals surface area (Å²) in [7, 11) is 5.94. The van der Waals surface area contributed by atoms with Crippen LogP contribution in [0.2, 0.25) is 0 Å². The number of nitrogens with zero attached hydrogens (tertiary/aromatic N) is 1. The summed E-state index contributed by atoms with van der Waals surface area (Å²) in [4.78, 5) is 37.6. The number of unbranched alkanes of at least 4 members (excludes halogenated alkanes) is 47. The topological polar surface area (TPSA) is 111 Å². The molecule has 0 fully saturated rings. The Kier molecular flexibility index (Phi) is 75.9. The Hall–Kier alpha value is -3.79. The van der Waals surface area contributed by atoms with Crippen LogP contribution in [0.5, 0.6) is 0 Å². The van der Waals surface area contributed by atoms with Crippen LogP contribution < -0.4 is 5.11 Å². The van der Waals surface area contributed by atoms with E-state index in [1.54, 1.807) is 0 Å². The number of likely N-dealkylation sites (N-methyl/N-ethyl adjacent to an activating group) is 1. The summed E-state index contributed by atoms with van der Waals surface area (Å²) in [5.74, 6) is -2.28. The summed E-state index contributed by atoms with van der Waals surface area (Å²) < 4.78 is 22.9. The molecule has 0 saturated carbocycles. The highest BCUT2D eigenvalue weighted by Crippen LogP contribution is 2.20. The lowest BCUT2D eigenvalue weighted by molar-refractivity contribution is -0.870. The Labute approximate surface area is 607 Å². The average molecular weight is 1370 g/mol. The number of carboxylic acid groups (broad SMARTS) is 1. The van der Waals surface area contributed by atoms with Gasteiger partial charge in [0.05, 0.1) is 40.3 Å². The monoisotopic (exact) mass is 1370 g/mol. The molecule has 0 aliphatic rings. The maximum atomic E-state index is 13.0. The molecule has 98 heavy (non-hydrogen) atoms. The van der Waals surface area contributed by atoms with Gasteiger partial charge in [0.1, 0.15) is 13.2 Å². The molecule has 0 saturated heterocycles. The second-order valence-electron chi connectivity index (χ2n) is 29.4. The van der Waals surface area contributed by atoms with Crippen LogP contribution in [0.3, 0.4) is 0 Å². The van der Waals surface area contributed by atoms with Crippen LogP contribution in [0.4, 0.5) is 0 Å². The molecule has 0 radical (unpaired) electrons. The standard InChI is InChI=1S/C89H159NO8/c1-6-8-10-12-14-16-18-20-22-24-26-28-30-32-34-36-38-40-41-42-43-44-45-46-48-49-51-53-55-57-59-61-63-65-67-69-71-73-75-77-79-86(91)96-83-85(84-97-89(88(93)94)95-82-81-90(3,4)5)98-87(92)80-78-76-74-72-70-68-66-64-62-60-58-56-54-52-50-47-39-37-35-33-31-29-27-25-23-21-19-17-15-13-11-9-7-2/h9,11,15,17,21,23,27,29,33,35,39,47,52,54,58,60,85,89H,6-8,10,12-14,16,18-20,22,24-26,28,30-32,34,36-38,40-46,48-51,53,55-57,59,61-84H2,1-5H3/b11-9-,17-15-,23-21-,29-27-,35-33-,47-39-,54-52-,60-58-. The lowest BCUT2D eigenvalue weighted by atomic mass is 10.0. The third-order valence-corrected chi connectivity index (χ3v) is 18.6. The molecule has 0 amide bonds. The number of esters is 2. The highest BCUT2D eigenvalue weighted by atomic mass is 16.7. The minimum Gasteiger partial charge on any atom is -0.545 e. The van der Waals surface area contributed by atoms with E-state index in [2.05, 4.69) is 111 Å². The minimum absolute atomic E-state index is 0.143. The number of carbonyl (C=O) groups is 3. The van der Waals surface area contributed by atoms with Gasteiger partial charge in [0.15, 0.2) is 12.4 Å². The number of rotatable bonds is 78. The molecule has 0 aliphatic heterocycles. The number of allylic oxidation sites excluding steroid dienone is 16. The van der Waals surface area contributed by atoms with Gasteiger partial charge in [-0.3, -0.25) is 9.59 Å². The van der Waals surface area contributed by atoms with E-state index in [0.29, 0.717) is 23.9 Å². The van der Waals surface area contributed by atoms with Crippen molar-refractivity contribution in [1.82, 2.24) is 0 Å². The van der Waals surface area contributed by atoms with Crippen LogP contribution in [0.25, 0.3) is 0 Å². The van der Waals surface area contributed by atoms with Gasteiger partial charge in [-0.15, -0.1) is 0 Å². The van der Waals surface area contributed by atoms with Crippen LogP contribution in [0.1, 0.15) is 393 Å². The first-order chi connectivity index (χ1) is 48.1. The van der Waals surface area contributed by atoms with Gasteiger partial charge < -0.3 is 33.3 Å². The van der Waals surface area contributed by atoms with Crippen molar-refractivity contribution in [2.24, 2.45) is 0 Å². The lowest BCUT2D eigenvalue weighted by Crippen LogP contribution is -2.44. The van der Waals surface area contributed by atoms with Crippen LogP contribution in [0.15, 0.2) is 97.2 Å². The predicted octanol–water partition coefficient (Wildman–Crippen LogP) is 25.8. The van der Waals surface area contributed by atoms with E-state index < -0.39 is 24.3 Å². The van der Waals surface area contributed by atoms with E-state index in [0.717, 1.165) is 96.3 Å². The SMILES string of the molecule is CC/C=C\C/C=C\C/C=C\C/C=C\C/C=C\C/C=C\C/C=C\C/C=C\CCCCCCCCCCC(=O)OC(COC(=O)CCCCCCCCCCCCCCCCCCCCCCCCCCCCCCCCCCCCCCCCCC)COC(OCC[N+](C)(C)C)C(=O)[O-]. The molecule has 9 heteroatoms. The second kappa shape index (κ2) is 78.9. The van der Waals surface area contributed by atoms with Crippen LogP contribution in [-0.2, 0) is 33.3 Å². The van der Waals surface area contributed by atoms with Crippen molar-refractivity contribution in [2.75, 3.05) is 47.5 Å². The van der Waals surface area contributed by atoms with Gasteiger partial charge in [0.2, 0.25) is 0 Å². The quantitative estimate of drug-likeness (QED) is 0.0195. The highest BCUT2D eigenvalue weighted by Gasteiger charge is 2.22. The molecule has 0 spiro atoms. The van der Waals surface area contributed by atoms with Crippen molar-refractivity contribution in [1.29, 1.82) is 0 Å². The van der Waals surface area contributed by atoms with E-state index in [-0.39, 0.29) is 32.2 Å². The molecule has 0 aromatic carbocycles. The highest BCUT2D eigenvalue weighted by molar-refractivity contribution is 5.70. The van der Waals surface area contributed by atoms with Crippen molar-refractivity contribution in [2.45, 2.75) is 405 Å². The molecule has 0 heterocycles. The van der Waals surface area contributed by atoms with Crippen molar-refractivity contribution in [3.8, 4) is 0 Å². The summed E-state index contributed by atoms with van der Waals surface area (Å²) >= 11 is 0. The fourth-order valence-electron chi connectivity index (χ4n) is 12.3. The number of hydrogen-bond acceptors (Lipinski definition) is 8. The van der Waals surface area contributed by atoms with Gasteiger partial charge in [-0.2, -0.15) is 0 Å². The molecule has 568 valence electrons. The molecular formula is C89H159NO8. The van der Waals surface area contributed by atoms with Crippen LogP contribution >= 0.6 is 0 Å². The number of aliphatic carboxylic acids is 1. The van der Waals surface area contributed by atoms with Gasteiger partial charge >= 0.3 is 11.9 Å². The maximum absolute atomic E-state index is 13.0. The van der Waals surface area contributed by atoms with Gasteiger partial charge in [-0.05, 0) is 77.0 Å². The van der Waals surface area contributed by atoms with Gasteiger partial charge in [-0.25, -0.2) is 0 Å². The Bertz CT molecular complexity index is 1940. The van der Waals surface area contributed by atoms with E-state index in [4.69, 9.17) is 18.9 Å². The minimum atomic E-state index is -1.63. The Morgan fingerprint density at radius 3 is 0.867 bits per heavy atom. The van der Waals surface area contributed by atoms with Gasteiger partial charge in [0, 0.05) is 12.8 Å².